The highest BCUT2D eigenvalue weighted by atomic mass is 16.6. The van der Waals surface area contributed by atoms with Crippen LogP contribution in [-0.4, -0.2) is 61.9 Å². The molecule has 8 heteroatoms. The maximum absolute atomic E-state index is 11.1. The average Bonchev–Trinajstić information content (AvgIpc) is 2.45. The van der Waals surface area contributed by atoms with Crippen molar-refractivity contribution in [2.45, 2.75) is 19.8 Å². The second kappa shape index (κ2) is 12.5. The van der Waals surface area contributed by atoms with Crippen LogP contribution < -0.4 is 10.6 Å². The van der Waals surface area contributed by atoms with E-state index in [1.165, 1.54) is 0 Å². The Labute approximate surface area is 118 Å². The van der Waals surface area contributed by atoms with Crippen molar-refractivity contribution in [3.63, 3.8) is 0 Å². The molecule has 8 nitrogen and oxygen atoms in total. The molecule has 1 atom stereocenters. The van der Waals surface area contributed by atoms with E-state index >= 15 is 0 Å². The predicted molar refractivity (Wildman–Crippen MR) is 71.3 cm³/mol. The molecule has 0 aliphatic heterocycles. The van der Waals surface area contributed by atoms with Crippen LogP contribution in [0.3, 0.4) is 0 Å². The van der Waals surface area contributed by atoms with Crippen LogP contribution in [0.25, 0.3) is 0 Å². The van der Waals surface area contributed by atoms with Gasteiger partial charge < -0.3 is 30.3 Å². The van der Waals surface area contributed by atoms with Gasteiger partial charge in [-0.2, -0.15) is 0 Å². The first-order valence-electron chi connectivity index (χ1n) is 6.63. The molecule has 0 rings (SSSR count). The van der Waals surface area contributed by atoms with Crippen molar-refractivity contribution in [2.24, 2.45) is 5.92 Å². The van der Waals surface area contributed by atoms with Crippen molar-refractivity contribution in [2.75, 3.05) is 39.5 Å². The lowest BCUT2D eigenvalue weighted by atomic mass is 10.1. The van der Waals surface area contributed by atoms with E-state index in [9.17, 15) is 9.59 Å². The minimum absolute atomic E-state index is 0.0118. The van der Waals surface area contributed by atoms with Crippen molar-refractivity contribution >= 4 is 12.2 Å². The van der Waals surface area contributed by atoms with E-state index in [4.69, 9.17) is 10.2 Å². The van der Waals surface area contributed by atoms with Gasteiger partial charge in [0.2, 0.25) is 0 Å². The molecule has 0 heterocycles. The monoisotopic (exact) mass is 292 g/mol. The van der Waals surface area contributed by atoms with Crippen LogP contribution in [0.15, 0.2) is 0 Å². The summed E-state index contributed by atoms with van der Waals surface area (Å²) in [6, 6.07) is 0. The Kier molecular flexibility index (Phi) is 11.5. The topological polar surface area (TPSA) is 117 Å². The highest BCUT2D eigenvalue weighted by molar-refractivity contribution is 5.67. The van der Waals surface area contributed by atoms with Gasteiger partial charge in [0.1, 0.15) is 13.2 Å². The van der Waals surface area contributed by atoms with Crippen molar-refractivity contribution in [1.82, 2.24) is 10.6 Å². The Bertz CT molecular complexity index is 275. The van der Waals surface area contributed by atoms with Gasteiger partial charge in [-0.25, -0.2) is 9.59 Å². The molecule has 2 amide bonds. The van der Waals surface area contributed by atoms with E-state index in [1.54, 1.807) is 0 Å². The first kappa shape index (κ1) is 18.5. The second-order valence-corrected chi connectivity index (χ2v) is 4.27. The molecule has 4 N–H and O–H groups in total. The van der Waals surface area contributed by atoms with Gasteiger partial charge in [-0.3, -0.25) is 0 Å². The Balaban J connectivity index is 3.46. The molecule has 0 radical (unpaired) electrons. The highest BCUT2D eigenvalue weighted by Gasteiger charge is 2.06. The van der Waals surface area contributed by atoms with Gasteiger partial charge in [0.25, 0.3) is 0 Å². The minimum Gasteiger partial charge on any atom is -0.447 e. The summed E-state index contributed by atoms with van der Waals surface area (Å²) in [5.74, 6) is 0.243. The van der Waals surface area contributed by atoms with E-state index in [0.717, 1.165) is 12.8 Å². The molecule has 0 aliphatic rings. The van der Waals surface area contributed by atoms with E-state index in [-0.39, 0.29) is 32.3 Å². The lowest BCUT2D eigenvalue weighted by Crippen LogP contribution is -2.30. The van der Waals surface area contributed by atoms with Gasteiger partial charge in [0, 0.05) is 13.1 Å². The maximum Gasteiger partial charge on any atom is 0.407 e. The molecule has 0 aromatic heterocycles. The summed E-state index contributed by atoms with van der Waals surface area (Å²) in [6.07, 6.45) is 0.484. The normalized spacial score (nSPS) is 11.6. The van der Waals surface area contributed by atoms with Gasteiger partial charge in [-0.15, -0.1) is 0 Å². The van der Waals surface area contributed by atoms with Crippen LogP contribution in [0.2, 0.25) is 0 Å². The number of nitrogens with one attached hydrogen (secondary N) is 2. The number of aliphatic hydroxyl groups is 2. The lowest BCUT2D eigenvalue weighted by Gasteiger charge is -2.12. The number of hydrogen-bond donors (Lipinski definition) is 4. The van der Waals surface area contributed by atoms with Crippen molar-refractivity contribution in [3.05, 3.63) is 0 Å². The minimum atomic E-state index is -0.545. The number of carbonyl (C=O) groups excluding carboxylic acids is 2. The summed E-state index contributed by atoms with van der Waals surface area (Å²) in [7, 11) is 0. The van der Waals surface area contributed by atoms with Crippen molar-refractivity contribution in [1.29, 1.82) is 0 Å². The number of aliphatic hydroxyl groups excluding tert-OH is 2. The number of amides is 2. The van der Waals surface area contributed by atoms with Crippen LogP contribution in [0, 0.1) is 5.92 Å². The molecule has 1 unspecified atom stereocenters. The third-order valence-corrected chi connectivity index (χ3v) is 2.39. The fraction of sp³-hybridized carbons (Fsp3) is 0.833. The fourth-order valence-electron chi connectivity index (χ4n) is 1.38. The summed E-state index contributed by atoms with van der Waals surface area (Å²) in [6.45, 7) is 2.50. The van der Waals surface area contributed by atoms with Crippen LogP contribution in [0.1, 0.15) is 19.8 Å². The molecular weight excluding hydrogens is 268 g/mol. The van der Waals surface area contributed by atoms with Crippen LogP contribution >= 0.6 is 0 Å². The van der Waals surface area contributed by atoms with E-state index < -0.39 is 12.2 Å². The van der Waals surface area contributed by atoms with Crippen LogP contribution in [-0.2, 0) is 9.47 Å². The summed E-state index contributed by atoms with van der Waals surface area (Å²) in [4.78, 5) is 22.1. The standard InChI is InChI=1S/C12H24N2O6/c1-10(9-14-12(18)20-8-6-16)3-2-4-13-11(17)19-7-5-15/h10,15-16H,2-9H2,1H3,(H,13,17)(H,14,18). The second-order valence-electron chi connectivity index (χ2n) is 4.27. The Morgan fingerprint density at radius 2 is 1.60 bits per heavy atom. The molecule has 0 aliphatic carbocycles. The summed E-state index contributed by atoms with van der Waals surface area (Å²) >= 11 is 0. The van der Waals surface area contributed by atoms with Crippen molar-refractivity contribution in [3.8, 4) is 0 Å². The molecule has 20 heavy (non-hydrogen) atoms. The van der Waals surface area contributed by atoms with Gasteiger partial charge in [0.15, 0.2) is 0 Å². The number of rotatable bonds is 10. The maximum atomic E-state index is 11.1. The van der Waals surface area contributed by atoms with Crippen molar-refractivity contribution < 1.29 is 29.3 Å². The van der Waals surface area contributed by atoms with E-state index in [1.807, 2.05) is 6.92 Å². The van der Waals surface area contributed by atoms with E-state index in [2.05, 4.69) is 20.1 Å². The van der Waals surface area contributed by atoms with Crippen LogP contribution in [0.5, 0.6) is 0 Å². The summed E-state index contributed by atoms with van der Waals surface area (Å²) in [5.41, 5.74) is 0. The Morgan fingerprint density at radius 1 is 1.05 bits per heavy atom. The quantitative estimate of drug-likeness (QED) is 0.416. The number of hydrogen-bond acceptors (Lipinski definition) is 6. The molecule has 0 aromatic carbocycles. The van der Waals surface area contributed by atoms with Gasteiger partial charge in [-0.05, 0) is 18.8 Å². The third-order valence-electron chi connectivity index (χ3n) is 2.39. The summed E-state index contributed by atoms with van der Waals surface area (Å²) in [5, 5.41) is 22.1. The first-order valence-corrected chi connectivity index (χ1v) is 6.63. The molecule has 0 fully saturated rings. The largest absolute Gasteiger partial charge is 0.447 e. The zero-order chi connectivity index (χ0) is 15.2. The zero-order valence-electron chi connectivity index (χ0n) is 11.8. The number of carbonyl (C=O) groups is 2. The molecule has 0 saturated heterocycles. The smallest absolute Gasteiger partial charge is 0.407 e. The molecule has 0 aromatic rings. The number of ether oxygens (including phenoxy) is 2. The Morgan fingerprint density at radius 3 is 2.15 bits per heavy atom. The lowest BCUT2D eigenvalue weighted by molar-refractivity contribution is 0.118. The average molecular weight is 292 g/mol. The fourth-order valence-corrected chi connectivity index (χ4v) is 1.38. The molecule has 118 valence electrons. The van der Waals surface area contributed by atoms with E-state index in [0.29, 0.717) is 13.1 Å². The van der Waals surface area contributed by atoms with Gasteiger partial charge in [-0.1, -0.05) is 6.92 Å². The highest BCUT2D eigenvalue weighted by Crippen LogP contribution is 2.03. The molecule has 0 saturated carbocycles. The number of alkyl carbamates (subject to hydrolysis) is 2. The Hall–Kier alpha value is -1.54. The van der Waals surface area contributed by atoms with Gasteiger partial charge in [0.05, 0.1) is 13.2 Å². The molecule has 0 bridgehead atoms. The van der Waals surface area contributed by atoms with Gasteiger partial charge >= 0.3 is 12.2 Å². The molecular formula is C12H24N2O6. The summed E-state index contributed by atoms with van der Waals surface area (Å²) < 4.78 is 9.26. The SMILES string of the molecule is CC(CCCNC(=O)OCCO)CNC(=O)OCCO. The van der Waals surface area contributed by atoms with Crippen LogP contribution in [0.4, 0.5) is 9.59 Å². The molecule has 0 spiro atoms. The third kappa shape index (κ3) is 11.5. The zero-order valence-corrected chi connectivity index (χ0v) is 11.8. The predicted octanol–water partition coefficient (Wildman–Crippen LogP) is -0.160. The first-order chi connectivity index (χ1) is 9.60.